The second-order valence-electron chi connectivity index (χ2n) is 4.61. The van der Waals surface area contributed by atoms with Gasteiger partial charge in [-0.05, 0) is 31.2 Å². The van der Waals surface area contributed by atoms with E-state index < -0.39 is 18.5 Å². The van der Waals surface area contributed by atoms with Crippen LogP contribution in [0.4, 0.5) is 0 Å². The van der Waals surface area contributed by atoms with Crippen molar-refractivity contribution in [1.82, 2.24) is 10.4 Å². The number of amides is 1. The first-order valence-corrected chi connectivity index (χ1v) is 6.76. The van der Waals surface area contributed by atoms with Gasteiger partial charge >= 0.3 is 5.97 Å². The molecule has 118 valence electrons. The average molecular weight is 313 g/mol. The highest BCUT2D eigenvalue weighted by atomic mass is 16.5. The Kier molecular flexibility index (Phi) is 5.40. The molecule has 1 aromatic heterocycles. The van der Waals surface area contributed by atoms with E-state index in [-0.39, 0.29) is 0 Å². The number of hydrogen-bond acceptors (Lipinski definition) is 5. The Balaban J connectivity index is 2.01. The topological polar surface area (TPSA) is 101 Å². The number of rotatable bonds is 6. The maximum absolute atomic E-state index is 11.9. The van der Waals surface area contributed by atoms with Crippen LogP contribution in [0.3, 0.4) is 0 Å². The molecule has 1 aromatic carbocycles. The maximum atomic E-state index is 11.9. The van der Waals surface area contributed by atoms with Crippen LogP contribution >= 0.6 is 0 Å². The summed E-state index contributed by atoms with van der Waals surface area (Å²) in [5.74, 6) is -1.10. The molecule has 2 aromatic rings. The summed E-state index contributed by atoms with van der Waals surface area (Å²) >= 11 is 0. The van der Waals surface area contributed by atoms with Crippen LogP contribution in [0.1, 0.15) is 21.6 Å². The van der Waals surface area contributed by atoms with E-state index in [2.05, 4.69) is 15.5 Å². The average Bonchev–Trinajstić information content (AvgIpc) is 2.54. The van der Waals surface area contributed by atoms with Gasteiger partial charge in [0.15, 0.2) is 6.61 Å². The molecule has 2 rings (SSSR count). The minimum Gasteiger partial charge on any atom is -0.481 e. The zero-order valence-corrected chi connectivity index (χ0v) is 12.4. The highest BCUT2D eigenvalue weighted by Crippen LogP contribution is 2.15. The van der Waals surface area contributed by atoms with E-state index in [1.54, 1.807) is 36.4 Å². The fourth-order valence-corrected chi connectivity index (χ4v) is 1.69. The molecule has 0 spiro atoms. The van der Waals surface area contributed by atoms with Gasteiger partial charge in [0.1, 0.15) is 5.75 Å². The molecule has 7 heteroatoms. The molecule has 0 unspecified atom stereocenters. The first-order valence-electron chi connectivity index (χ1n) is 6.76. The molecular formula is C16H15N3O4. The number of carboxylic acids is 1. The Morgan fingerprint density at radius 3 is 2.78 bits per heavy atom. The second kappa shape index (κ2) is 7.69. The van der Waals surface area contributed by atoms with Gasteiger partial charge < -0.3 is 9.84 Å². The minimum absolute atomic E-state index is 0.366. The number of aliphatic carboxylic acids is 1. The lowest BCUT2D eigenvalue weighted by atomic mass is 10.2. The van der Waals surface area contributed by atoms with Crippen molar-refractivity contribution >= 4 is 18.1 Å². The van der Waals surface area contributed by atoms with Crippen LogP contribution in [-0.2, 0) is 4.79 Å². The SMILES string of the molecule is Cc1ccc(C(=O)N/N=C/c2ccccc2OCC(=O)O)cn1. The van der Waals surface area contributed by atoms with Gasteiger partial charge in [-0.1, -0.05) is 12.1 Å². The third-order valence-electron chi connectivity index (χ3n) is 2.81. The lowest BCUT2D eigenvalue weighted by molar-refractivity contribution is -0.139. The Morgan fingerprint density at radius 1 is 1.30 bits per heavy atom. The van der Waals surface area contributed by atoms with Crippen LogP contribution in [0.2, 0.25) is 0 Å². The predicted molar refractivity (Wildman–Crippen MR) is 83.6 cm³/mol. The molecule has 0 saturated heterocycles. The molecule has 0 radical (unpaired) electrons. The van der Waals surface area contributed by atoms with Crippen molar-refractivity contribution in [1.29, 1.82) is 0 Å². The van der Waals surface area contributed by atoms with Crippen LogP contribution in [-0.4, -0.2) is 34.8 Å². The van der Waals surface area contributed by atoms with Gasteiger partial charge in [0.25, 0.3) is 5.91 Å². The monoisotopic (exact) mass is 313 g/mol. The van der Waals surface area contributed by atoms with Crippen LogP contribution in [0.5, 0.6) is 5.75 Å². The molecule has 1 heterocycles. The number of para-hydroxylation sites is 1. The number of carboxylic acid groups (broad SMARTS) is 1. The molecule has 0 atom stereocenters. The quantitative estimate of drug-likeness (QED) is 0.623. The van der Waals surface area contributed by atoms with E-state index in [0.29, 0.717) is 16.9 Å². The molecule has 0 aliphatic carbocycles. The summed E-state index contributed by atoms with van der Waals surface area (Å²) in [6.45, 7) is 1.38. The number of benzene rings is 1. The Hall–Kier alpha value is -3.22. The zero-order valence-electron chi connectivity index (χ0n) is 12.4. The third-order valence-corrected chi connectivity index (χ3v) is 2.81. The molecule has 0 bridgehead atoms. The molecule has 0 aliphatic heterocycles. The molecule has 1 amide bonds. The number of aromatic nitrogens is 1. The zero-order chi connectivity index (χ0) is 16.7. The summed E-state index contributed by atoms with van der Waals surface area (Å²) in [7, 11) is 0. The molecule has 0 fully saturated rings. The molecule has 7 nitrogen and oxygen atoms in total. The Labute approximate surface area is 132 Å². The number of pyridine rings is 1. The van der Waals surface area contributed by atoms with Crippen LogP contribution < -0.4 is 10.2 Å². The van der Waals surface area contributed by atoms with E-state index in [9.17, 15) is 9.59 Å². The number of ether oxygens (including phenoxy) is 1. The number of nitrogens with one attached hydrogen (secondary N) is 1. The van der Waals surface area contributed by atoms with E-state index in [1.807, 2.05) is 6.92 Å². The van der Waals surface area contributed by atoms with Crippen molar-refractivity contribution in [3.63, 3.8) is 0 Å². The summed E-state index contributed by atoms with van der Waals surface area (Å²) in [6.07, 6.45) is 2.85. The fourth-order valence-electron chi connectivity index (χ4n) is 1.69. The van der Waals surface area contributed by atoms with Crippen molar-refractivity contribution in [3.05, 3.63) is 59.4 Å². The van der Waals surface area contributed by atoms with Gasteiger partial charge in [-0.2, -0.15) is 5.10 Å². The van der Waals surface area contributed by atoms with Gasteiger partial charge in [0, 0.05) is 17.5 Å². The van der Waals surface area contributed by atoms with E-state index in [0.717, 1.165) is 5.69 Å². The van der Waals surface area contributed by atoms with Crippen LogP contribution in [0, 0.1) is 6.92 Å². The predicted octanol–water partition coefficient (Wildman–Crippen LogP) is 1.62. The van der Waals surface area contributed by atoms with Crippen molar-refractivity contribution in [2.75, 3.05) is 6.61 Å². The second-order valence-corrected chi connectivity index (χ2v) is 4.61. The minimum atomic E-state index is -1.07. The standard InChI is InChI=1S/C16H15N3O4/c1-11-6-7-13(8-17-11)16(22)19-18-9-12-4-2-3-5-14(12)23-10-15(20)21/h2-9H,10H2,1H3,(H,19,22)(H,20,21)/b18-9+. The Bertz CT molecular complexity index is 726. The highest BCUT2D eigenvalue weighted by molar-refractivity contribution is 5.94. The summed E-state index contributed by atoms with van der Waals surface area (Å²) in [5, 5.41) is 12.5. The van der Waals surface area contributed by atoms with Crippen molar-refractivity contribution in [2.45, 2.75) is 6.92 Å². The number of carbonyl (C=O) groups is 2. The van der Waals surface area contributed by atoms with Crippen LogP contribution in [0.15, 0.2) is 47.7 Å². The van der Waals surface area contributed by atoms with Crippen molar-refractivity contribution in [2.24, 2.45) is 5.10 Å². The van der Waals surface area contributed by atoms with Gasteiger partial charge in [-0.15, -0.1) is 0 Å². The number of hydrazone groups is 1. The van der Waals surface area contributed by atoms with Gasteiger partial charge in [-0.25, -0.2) is 10.2 Å². The fraction of sp³-hybridized carbons (Fsp3) is 0.125. The van der Waals surface area contributed by atoms with Gasteiger partial charge in [0.05, 0.1) is 11.8 Å². The summed E-state index contributed by atoms with van der Waals surface area (Å²) in [4.78, 5) is 26.5. The lowest BCUT2D eigenvalue weighted by Gasteiger charge is -2.06. The van der Waals surface area contributed by atoms with Gasteiger partial charge in [0.2, 0.25) is 0 Å². The van der Waals surface area contributed by atoms with E-state index in [1.165, 1.54) is 12.4 Å². The van der Waals surface area contributed by atoms with Gasteiger partial charge in [-0.3, -0.25) is 9.78 Å². The largest absolute Gasteiger partial charge is 0.481 e. The highest BCUT2D eigenvalue weighted by Gasteiger charge is 2.05. The summed E-state index contributed by atoms with van der Waals surface area (Å²) in [6, 6.07) is 10.2. The van der Waals surface area contributed by atoms with E-state index in [4.69, 9.17) is 9.84 Å². The Morgan fingerprint density at radius 2 is 2.09 bits per heavy atom. The smallest absolute Gasteiger partial charge is 0.341 e. The molecule has 23 heavy (non-hydrogen) atoms. The van der Waals surface area contributed by atoms with Crippen molar-refractivity contribution in [3.8, 4) is 5.75 Å². The van der Waals surface area contributed by atoms with Crippen molar-refractivity contribution < 1.29 is 19.4 Å². The molecular weight excluding hydrogens is 298 g/mol. The van der Waals surface area contributed by atoms with E-state index >= 15 is 0 Å². The first-order chi connectivity index (χ1) is 11.1. The summed E-state index contributed by atoms with van der Waals surface area (Å²) < 4.78 is 5.14. The number of nitrogens with zero attached hydrogens (tertiary/aromatic N) is 2. The molecule has 2 N–H and O–H groups in total. The maximum Gasteiger partial charge on any atom is 0.341 e. The third kappa shape index (κ3) is 4.92. The first kappa shape index (κ1) is 16.2. The molecule has 0 saturated carbocycles. The summed E-state index contributed by atoms with van der Waals surface area (Å²) in [5.41, 5.74) is 4.14. The van der Waals surface area contributed by atoms with Crippen LogP contribution in [0.25, 0.3) is 0 Å². The normalized spacial score (nSPS) is 10.5. The number of hydrogen-bond donors (Lipinski definition) is 2. The number of carbonyl (C=O) groups excluding carboxylic acids is 1. The lowest BCUT2D eigenvalue weighted by Crippen LogP contribution is -2.18. The molecule has 0 aliphatic rings. The number of aryl methyl sites for hydroxylation is 1.